The summed E-state index contributed by atoms with van der Waals surface area (Å²) in [5.74, 6) is -0.333. The lowest BCUT2D eigenvalue weighted by atomic mass is 10.1. The minimum absolute atomic E-state index is 0.586. The van der Waals surface area contributed by atoms with Gasteiger partial charge in [-0.2, -0.15) is 0 Å². The van der Waals surface area contributed by atoms with Gasteiger partial charge in [-0.25, -0.2) is 9.59 Å². The van der Waals surface area contributed by atoms with E-state index in [2.05, 4.69) is 5.32 Å². The minimum atomic E-state index is -1.82. The van der Waals surface area contributed by atoms with Crippen molar-refractivity contribution in [1.82, 2.24) is 5.32 Å². The van der Waals surface area contributed by atoms with Gasteiger partial charge in [-0.3, -0.25) is 0 Å². The lowest BCUT2D eigenvalue weighted by Crippen LogP contribution is -2.14. The lowest BCUT2D eigenvalue weighted by Gasteiger charge is -2.15. The Morgan fingerprint density at radius 1 is 0.742 bits per heavy atom. The molecule has 0 atom stereocenters. The number of para-hydroxylation sites is 1. The van der Waals surface area contributed by atoms with E-state index in [1.54, 1.807) is 35.5 Å². The largest absolute Gasteiger partial charge is 0.493 e. The second-order valence-corrected chi connectivity index (χ2v) is 5.90. The molecule has 31 heavy (non-hydrogen) atoms. The van der Waals surface area contributed by atoms with Crippen molar-refractivity contribution in [2.24, 2.45) is 0 Å². The Morgan fingerprint density at radius 2 is 1.26 bits per heavy atom. The highest BCUT2D eigenvalue weighted by molar-refractivity contribution is 6.27. The van der Waals surface area contributed by atoms with Crippen LogP contribution in [0.4, 0.5) is 0 Å². The molecule has 10 nitrogen and oxygen atoms in total. The van der Waals surface area contributed by atoms with Crippen molar-refractivity contribution in [3.8, 4) is 28.7 Å². The summed E-state index contributed by atoms with van der Waals surface area (Å²) < 4.78 is 26.9. The van der Waals surface area contributed by atoms with Crippen LogP contribution in [0.5, 0.6) is 28.7 Å². The summed E-state index contributed by atoms with van der Waals surface area (Å²) in [6.45, 7) is 1.27. The van der Waals surface area contributed by atoms with Gasteiger partial charge in [-0.1, -0.05) is 12.1 Å². The molecule has 0 heterocycles. The summed E-state index contributed by atoms with van der Waals surface area (Å²) >= 11 is 0. The van der Waals surface area contributed by atoms with E-state index in [4.69, 9.17) is 43.5 Å². The van der Waals surface area contributed by atoms with Gasteiger partial charge in [0.25, 0.3) is 0 Å². The Labute approximate surface area is 180 Å². The molecule has 0 aromatic heterocycles. The van der Waals surface area contributed by atoms with Gasteiger partial charge in [0, 0.05) is 18.7 Å². The number of carbonyl (C=O) groups is 2. The van der Waals surface area contributed by atoms with Crippen LogP contribution in [0.1, 0.15) is 11.1 Å². The molecule has 2 aromatic rings. The third kappa shape index (κ3) is 7.27. The molecule has 0 aliphatic heterocycles. The van der Waals surface area contributed by atoms with Crippen molar-refractivity contribution in [1.29, 1.82) is 0 Å². The van der Waals surface area contributed by atoms with Crippen molar-refractivity contribution < 1.29 is 43.5 Å². The Kier molecular flexibility index (Phi) is 10.5. The fourth-order valence-electron chi connectivity index (χ4n) is 2.67. The van der Waals surface area contributed by atoms with Crippen LogP contribution >= 0.6 is 0 Å². The van der Waals surface area contributed by atoms with Crippen LogP contribution in [0, 0.1) is 0 Å². The zero-order valence-corrected chi connectivity index (χ0v) is 18.1. The normalized spacial score (nSPS) is 9.71. The maximum Gasteiger partial charge on any atom is 0.414 e. The van der Waals surface area contributed by atoms with Crippen LogP contribution in [0.15, 0.2) is 30.3 Å². The monoisotopic (exact) mass is 437 g/mol. The van der Waals surface area contributed by atoms with Crippen LogP contribution in [-0.2, 0) is 22.7 Å². The van der Waals surface area contributed by atoms with Crippen molar-refractivity contribution in [3.05, 3.63) is 41.5 Å². The molecule has 3 N–H and O–H groups in total. The minimum Gasteiger partial charge on any atom is -0.493 e. The molecule has 10 heteroatoms. The smallest absolute Gasteiger partial charge is 0.414 e. The van der Waals surface area contributed by atoms with E-state index in [1.165, 1.54) is 0 Å². The van der Waals surface area contributed by atoms with Gasteiger partial charge in [0.15, 0.2) is 23.0 Å². The summed E-state index contributed by atoms with van der Waals surface area (Å²) in [5, 5.41) is 18.2. The van der Waals surface area contributed by atoms with E-state index < -0.39 is 11.9 Å². The fourth-order valence-corrected chi connectivity index (χ4v) is 2.67. The van der Waals surface area contributed by atoms with E-state index in [-0.39, 0.29) is 0 Å². The molecule has 0 aliphatic carbocycles. The summed E-state index contributed by atoms with van der Waals surface area (Å²) in [6, 6.07) is 9.68. The molecule has 0 spiro atoms. The molecule has 0 fully saturated rings. The summed E-state index contributed by atoms with van der Waals surface area (Å²) in [7, 11) is 8.07. The molecule has 0 saturated carbocycles. The van der Waals surface area contributed by atoms with Gasteiger partial charge in [0.1, 0.15) is 0 Å². The number of hydrogen-bond donors (Lipinski definition) is 3. The first-order chi connectivity index (χ1) is 14.8. The molecular formula is C21H27NO9. The quantitative estimate of drug-likeness (QED) is 0.501. The molecule has 0 radical (unpaired) electrons. The first-order valence-electron chi connectivity index (χ1n) is 8.98. The second kappa shape index (κ2) is 12.8. The van der Waals surface area contributed by atoms with E-state index in [9.17, 15) is 0 Å². The first-order valence-corrected chi connectivity index (χ1v) is 8.98. The van der Waals surface area contributed by atoms with Crippen LogP contribution in [0.2, 0.25) is 0 Å². The van der Waals surface area contributed by atoms with Crippen LogP contribution in [0.3, 0.4) is 0 Å². The Balaban J connectivity index is 0.000000703. The Hall–Kier alpha value is -3.66. The average Bonchev–Trinajstić information content (AvgIpc) is 2.78. The highest BCUT2D eigenvalue weighted by atomic mass is 16.5. The third-order valence-electron chi connectivity index (χ3n) is 4.04. The number of carboxylic acids is 2. The van der Waals surface area contributed by atoms with E-state index in [0.29, 0.717) is 30.3 Å². The zero-order chi connectivity index (χ0) is 23.4. The molecule has 2 rings (SSSR count). The van der Waals surface area contributed by atoms with Crippen molar-refractivity contribution in [3.63, 3.8) is 0 Å². The van der Waals surface area contributed by atoms with Gasteiger partial charge in [0.05, 0.1) is 35.5 Å². The number of methoxy groups -OCH3 is 5. The number of hydrogen-bond acceptors (Lipinski definition) is 8. The summed E-state index contributed by atoms with van der Waals surface area (Å²) in [4.78, 5) is 18.2. The Morgan fingerprint density at radius 3 is 1.68 bits per heavy atom. The molecule has 0 bridgehead atoms. The first kappa shape index (κ1) is 25.4. The van der Waals surface area contributed by atoms with Gasteiger partial charge < -0.3 is 39.2 Å². The predicted molar refractivity (Wildman–Crippen MR) is 111 cm³/mol. The van der Waals surface area contributed by atoms with Crippen molar-refractivity contribution in [2.75, 3.05) is 35.5 Å². The zero-order valence-electron chi connectivity index (χ0n) is 18.1. The number of ether oxygens (including phenoxy) is 5. The number of nitrogens with one attached hydrogen (secondary N) is 1. The molecule has 0 aliphatic rings. The van der Waals surface area contributed by atoms with Crippen molar-refractivity contribution >= 4 is 11.9 Å². The predicted octanol–water partition coefficient (Wildman–Crippen LogP) is 2.17. The summed E-state index contributed by atoms with van der Waals surface area (Å²) in [6.07, 6.45) is 0. The van der Waals surface area contributed by atoms with E-state index in [0.717, 1.165) is 22.6 Å². The SMILES string of the molecule is COc1cccc(CNCc2cc(OC)c(OC)c(OC)c2)c1OC.O=C(O)C(=O)O. The molecule has 0 unspecified atom stereocenters. The van der Waals surface area contributed by atoms with Gasteiger partial charge in [-0.15, -0.1) is 0 Å². The highest BCUT2D eigenvalue weighted by Crippen LogP contribution is 2.38. The van der Waals surface area contributed by atoms with Crippen LogP contribution in [-0.4, -0.2) is 57.7 Å². The van der Waals surface area contributed by atoms with E-state index >= 15 is 0 Å². The topological polar surface area (TPSA) is 133 Å². The number of benzene rings is 2. The van der Waals surface area contributed by atoms with E-state index in [1.807, 2.05) is 30.3 Å². The lowest BCUT2D eigenvalue weighted by molar-refractivity contribution is -0.159. The van der Waals surface area contributed by atoms with Gasteiger partial charge >= 0.3 is 11.9 Å². The Bertz CT molecular complexity index is 846. The number of rotatable bonds is 9. The van der Waals surface area contributed by atoms with Crippen LogP contribution in [0.25, 0.3) is 0 Å². The second-order valence-electron chi connectivity index (χ2n) is 5.90. The average molecular weight is 437 g/mol. The third-order valence-corrected chi connectivity index (χ3v) is 4.04. The number of aliphatic carboxylic acids is 2. The highest BCUT2D eigenvalue weighted by Gasteiger charge is 2.13. The summed E-state index contributed by atoms with van der Waals surface area (Å²) in [5.41, 5.74) is 2.05. The molecular weight excluding hydrogens is 410 g/mol. The fraction of sp³-hybridized carbons (Fsp3) is 0.333. The van der Waals surface area contributed by atoms with Crippen LogP contribution < -0.4 is 29.0 Å². The molecule has 0 saturated heterocycles. The molecule has 2 aromatic carbocycles. The molecule has 170 valence electrons. The molecule has 0 amide bonds. The number of carboxylic acid groups (broad SMARTS) is 2. The maximum atomic E-state index is 9.10. The van der Waals surface area contributed by atoms with Gasteiger partial charge in [-0.05, 0) is 23.8 Å². The standard InChI is InChI=1S/C19H25NO5.C2H2O4/c1-21-15-8-6-7-14(18(15)24-4)12-20-11-13-9-16(22-2)19(25-5)17(10-13)23-3;3-1(4)2(5)6/h6-10,20H,11-12H2,1-5H3;(H,3,4)(H,5,6). The van der Waals surface area contributed by atoms with Gasteiger partial charge in [0.2, 0.25) is 5.75 Å². The van der Waals surface area contributed by atoms with Crippen molar-refractivity contribution in [2.45, 2.75) is 13.1 Å². The maximum absolute atomic E-state index is 9.10.